The Morgan fingerprint density at radius 1 is 0.906 bits per heavy atom. The number of hydrogen-bond donors (Lipinski definition) is 0. The van der Waals surface area contributed by atoms with Crippen LogP contribution in [-0.2, 0) is 22.6 Å². The van der Waals surface area contributed by atoms with E-state index in [1.54, 1.807) is 0 Å². The molecule has 0 unspecified atom stereocenters. The van der Waals surface area contributed by atoms with Gasteiger partial charge in [0.2, 0.25) is 5.91 Å². The molecule has 0 spiro atoms. The zero-order valence-electron chi connectivity index (χ0n) is 19.2. The van der Waals surface area contributed by atoms with Crippen LogP contribution < -0.4 is 4.74 Å². The average molecular weight is 437 g/mol. The molecular weight excluding hydrogens is 400 g/mol. The molecule has 0 saturated carbocycles. The maximum absolute atomic E-state index is 12.8. The summed E-state index contributed by atoms with van der Waals surface area (Å²) in [5, 5.41) is 0. The van der Waals surface area contributed by atoms with Crippen molar-refractivity contribution >= 4 is 5.91 Å². The third-order valence-corrected chi connectivity index (χ3v) is 6.92. The molecule has 2 aliphatic heterocycles. The quantitative estimate of drug-likeness (QED) is 0.619. The standard InChI is InChI=1S/C27H36N2O3/c1-31-25-14-18-28(19-15-25)24-12-16-29(17-13-24)27(30)11-10-22-8-5-9-26(20-22)32-21-23-6-3-2-4-7-23/h2-9,20,24-25H,10-19,21H2,1H3. The molecule has 0 radical (unpaired) electrons. The highest BCUT2D eigenvalue weighted by atomic mass is 16.5. The third kappa shape index (κ3) is 6.33. The summed E-state index contributed by atoms with van der Waals surface area (Å²) < 4.78 is 11.4. The van der Waals surface area contributed by atoms with E-state index in [0.717, 1.165) is 75.2 Å². The fraction of sp³-hybridized carbons (Fsp3) is 0.519. The maximum Gasteiger partial charge on any atom is 0.222 e. The van der Waals surface area contributed by atoms with E-state index < -0.39 is 0 Å². The van der Waals surface area contributed by atoms with Gasteiger partial charge in [0.1, 0.15) is 12.4 Å². The van der Waals surface area contributed by atoms with E-state index in [9.17, 15) is 4.79 Å². The molecule has 0 N–H and O–H groups in total. The van der Waals surface area contributed by atoms with Gasteiger partial charge in [0.25, 0.3) is 0 Å². The fourth-order valence-electron chi connectivity index (χ4n) is 4.90. The van der Waals surface area contributed by atoms with Gasteiger partial charge in [-0.05, 0) is 55.4 Å². The predicted molar refractivity (Wildman–Crippen MR) is 127 cm³/mol. The first-order valence-electron chi connectivity index (χ1n) is 12.0. The average Bonchev–Trinajstić information content (AvgIpc) is 2.87. The van der Waals surface area contributed by atoms with Crippen molar-refractivity contribution in [1.29, 1.82) is 0 Å². The van der Waals surface area contributed by atoms with E-state index in [1.165, 1.54) is 0 Å². The molecule has 2 aliphatic rings. The van der Waals surface area contributed by atoms with Gasteiger partial charge in [-0.1, -0.05) is 42.5 Å². The Morgan fingerprint density at radius 3 is 2.34 bits per heavy atom. The van der Waals surface area contributed by atoms with Crippen molar-refractivity contribution in [2.24, 2.45) is 0 Å². The minimum atomic E-state index is 0.275. The van der Waals surface area contributed by atoms with Crippen molar-refractivity contribution in [1.82, 2.24) is 9.80 Å². The Labute approximate surface area is 192 Å². The highest BCUT2D eigenvalue weighted by molar-refractivity contribution is 5.76. The Kier molecular flexibility index (Phi) is 8.18. The molecule has 5 nitrogen and oxygen atoms in total. The summed E-state index contributed by atoms with van der Waals surface area (Å²) in [5.74, 6) is 1.13. The second-order valence-electron chi connectivity index (χ2n) is 9.00. The minimum absolute atomic E-state index is 0.275. The lowest BCUT2D eigenvalue weighted by Crippen LogP contribution is -2.49. The zero-order valence-corrected chi connectivity index (χ0v) is 19.2. The number of benzene rings is 2. The molecule has 2 saturated heterocycles. The van der Waals surface area contributed by atoms with Gasteiger partial charge in [0, 0.05) is 45.8 Å². The van der Waals surface area contributed by atoms with Crippen LogP contribution in [0.3, 0.4) is 0 Å². The van der Waals surface area contributed by atoms with Crippen molar-refractivity contribution in [2.45, 2.75) is 57.3 Å². The van der Waals surface area contributed by atoms with E-state index in [-0.39, 0.29) is 5.91 Å². The van der Waals surface area contributed by atoms with Crippen molar-refractivity contribution in [2.75, 3.05) is 33.3 Å². The van der Waals surface area contributed by atoms with Crippen LogP contribution in [0.15, 0.2) is 54.6 Å². The van der Waals surface area contributed by atoms with Gasteiger partial charge in [-0.2, -0.15) is 0 Å². The molecule has 5 heteroatoms. The topological polar surface area (TPSA) is 42.0 Å². The fourth-order valence-corrected chi connectivity index (χ4v) is 4.90. The number of ether oxygens (including phenoxy) is 2. The maximum atomic E-state index is 12.8. The van der Waals surface area contributed by atoms with Crippen LogP contribution in [0.1, 0.15) is 43.2 Å². The second kappa shape index (κ2) is 11.5. The van der Waals surface area contributed by atoms with Gasteiger partial charge in [-0.15, -0.1) is 0 Å². The zero-order chi connectivity index (χ0) is 22.2. The number of nitrogens with zero attached hydrogens (tertiary/aromatic N) is 2. The van der Waals surface area contributed by atoms with Crippen LogP contribution in [0.25, 0.3) is 0 Å². The normalized spacial score (nSPS) is 18.6. The lowest BCUT2D eigenvalue weighted by Gasteiger charge is -2.41. The van der Waals surface area contributed by atoms with Crippen LogP contribution in [0, 0.1) is 0 Å². The lowest BCUT2D eigenvalue weighted by molar-refractivity contribution is -0.132. The molecule has 2 aromatic carbocycles. The molecular formula is C27H36N2O3. The highest BCUT2D eigenvalue weighted by Gasteiger charge is 2.29. The van der Waals surface area contributed by atoms with E-state index in [0.29, 0.717) is 25.2 Å². The predicted octanol–water partition coefficient (Wildman–Crippen LogP) is 4.30. The molecule has 2 fully saturated rings. The Balaban J connectivity index is 1.19. The number of hydrogen-bond acceptors (Lipinski definition) is 4. The van der Waals surface area contributed by atoms with Crippen molar-refractivity contribution < 1.29 is 14.3 Å². The number of carbonyl (C=O) groups is 1. The molecule has 1 amide bonds. The van der Waals surface area contributed by atoms with Gasteiger partial charge in [0.15, 0.2) is 0 Å². The van der Waals surface area contributed by atoms with Crippen LogP contribution in [0.5, 0.6) is 5.75 Å². The van der Waals surface area contributed by atoms with Gasteiger partial charge >= 0.3 is 0 Å². The van der Waals surface area contributed by atoms with Gasteiger partial charge in [-0.25, -0.2) is 0 Å². The molecule has 0 bridgehead atoms. The molecule has 0 atom stereocenters. The molecule has 2 aromatic rings. The Morgan fingerprint density at radius 2 is 1.62 bits per heavy atom. The van der Waals surface area contributed by atoms with Crippen LogP contribution in [0.2, 0.25) is 0 Å². The van der Waals surface area contributed by atoms with Crippen LogP contribution in [-0.4, -0.2) is 61.1 Å². The summed E-state index contributed by atoms with van der Waals surface area (Å²) in [7, 11) is 1.82. The molecule has 32 heavy (non-hydrogen) atoms. The van der Waals surface area contributed by atoms with Crippen molar-refractivity contribution in [3.05, 3.63) is 65.7 Å². The first-order chi connectivity index (χ1) is 15.7. The SMILES string of the molecule is COC1CCN(C2CCN(C(=O)CCc3cccc(OCc4ccccc4)c3)CC2)CC1. The summed E-state index contributed by atoms with van der Waals surface area (Å²) >= 11 is 0. The van der Waals surface area contributed by atoms with E-state index in [4.69, 9.17) is 9.47 Å². The summed E-state index contributed by atoms with van der Waals surface area (Å²) in [6.45, 7) is 4.57. The van der Waals surface area contributed by atoms with Gasteiger partial charge in [-0.3, -0.25) is 4.79 Å². The molecule has 0 aliphatic carbocycles. The number of rotatable bonds is 8. The first kappa shape index (κ1) is 22.8. The monoisotopic (exact) mass is 436 g/mol. The highest BCUT2D eigenvalue weighted by Crippen LogP contribution is 2.23. The van der Waals surface area contributed by atoms with Gasteiger partial charge < -0.3 is 19.3 Å². The summed E-state index contributed by atoms with van der Waals surface area (Å²) in [6.07, 6.45) is 6.18. The third-order valence-electron chi connectivity index (χ3n) is 6.92. The molecule has 2 heterocycles. The Hall–Kier alpha value is -2.37. The number of carbonyl (C=O) groups excluding carboxylic acids is 1. The first-order valence-corrected chi connectivity index (χ1v) is 12.0. The summed E-state index contributed by atoms with van der Waals surface area (Å²) in [4.78, 5) is 17.5. The number of piperidine rings is 2. The van der Waals surface area contributed by atoms with E-state index in [1.807, 2.05) is 37.4 Å². The van der Waals surface area contributed by atoms with Gasteiger partial charge in [0.05, 0.1) is 6.10 Å². The molecule has 0 aromatic heterocycles. The number of amides is 1. The number of aryl methyl sites for hydroxylation is 1. The smallest absolute Gasteiger partial charge is 0.222 e. The van der Waals surface area contributed by atoms with Crippen molar-refractivity contribution in [3.63, 3.8) is 0 Å². The van der Waals surface area contributed by atoms with Crippen LogP contribution in [0.4, 0.5) is 0 Å². The summed E-state index contributed by atoms with van der Waals surface area (Å²) in [5.41, 5.74) is 2.30. The lowest BCUT2D eigenvalue weighted by atomic mass is 9.98. The van der Waals surface area contributed by atoms with E-state index in [2.05, 4.69) is 34.1 Å². The molecule has 172 valence electrons. The van der Waals surface area contributed by atoms with Crippen molar-refractivity contribution in [3.8, 4) is 5.75 Å². The van der Waals surface area contributed by atoms with Crippen LogP contribution >= 0.6 is 0 Å². The minimum Gasteiger partial charge on any atom is -0.489 e. The summed E-state index contributed by atoms with van der Waals surface area (Å²) in [6, 6.07) is 18.9. The Bertz CT molecular complexity index is 841. The number of methoxy groups -OCH3 is 1. The van der Waals surface area contributed by atoms with E-state index >= 15 is 0 Å². The molecule has 4 rings (SSSR count). The second-order valence-corrected chi connectivity index (χ2v) is 9.00. The number of likely N-dealkylation sites (tertiary alicyclic amines) is 2. The largest absolute Gasteiger partial charge is 0.489 e.